The number of aromatic nitrogens is 3. The molecule has 148 valence electrons. The van der Waals surface area contributed by atoms with Crippen LogP contribution in [0.15, 0.2) is 47.4 Å². The van der Waals surface area contributed by atoms with Crippen LogP contribution in [-0.4, -0.2) is 26.2 Å². The van der Waals surface area contributed by atoms with Gasteiger partial charge in [0.25, 0.3) is 5.56 Å². The SMILES string of the molecule is [C-]#[N+]c1ccc(CN2CCc3[nH]n(-c4ccc(C(F)(F)F)cn4)c(=O)c3C2)cc1. The second-order valence-electron chi connectivity index (χ2n) is 6.85. The minimum Gasteiger partial charge on any atom is -0.294 e. The molecule has 1 N–H and O–H groups in total. The van der Waals surface area contributed by atoms with Gasteiger partial charge in [0.1, 0.15) is 0 Å². The maximum atomic E-state index is 12.8. The van der Waals surface area contributed by atoms with Crippen LogP contribution < -0.4 is 5.56 Å². The smallest absolute Gasteiger partial charge is 0.294 e. The number of pyridine rings is 1. The zero-order valence-electron chi connectivity index (χ0n) is 15.2. The highest BCUT2D eigenvalue weighted by Crippen LogP contribution is 2.28. The molecule has 0 saturated heterocycles. The fourth-order valence-electron chi connectivity index (χ4n) is 3.38. The first-order valence-electron chi connectivity index (χ1n) is 8.90. The van der Waals surface area contributed by atoms with Crippen molar-refractivity contribution in [3.63, 3.8) is 0 Å². The van der Waals surface area contributed by atoms with Crippen LogP contribution in [-0.2, 0) is 25.7 Å². The van der Waals surface area contributed by atoms with Crippen LogP contribution in [0.5, 0.6) is 0 Å². The number of rotatable bonds is 3. The second kappa shape index (κ2) is 7.22. The summed E-state index contributed by atoms with van der Waals surface area (Å²) in [6.07, 6.45) is -3.13. The van der Waals surface area contributed by atoms with Gasteiger partial charge in [0, 0.05) is 37.9 Å². The Morgan fingerprint density at radius 3 is 2.55 bits per heavy atom. The molecule has 1 aromatic carbocycles. The quantitative estimate of drug-likeness (QED) is 0.684. The number of nitrogens with one attached hydrogen (secondary N) is 1. The summed E-state index contributed by atoms with van der Waals surface area (Å²) in [4.78, 5) is 22.1. The molecule has 2 aromatic heterocycles. The van der Waals surface area contributed by atoms with E-state index in [1.165, 1.54) is 10.7 Å². The van der Waals surface area contributed by atoms with E-state index >= 15 is 0 Å². The molecule has 3 aromatic rings. The van der Waals surface area contributed by atoms with Crippen molar-refractivity contribution in [3.05, 3.63) is 86.8 Å². The Labute approximate surface area is 164 Å². The fourth-order valence-corrected chi connectivity index (χ4v) is 3.38. The zero-order chi connectivity index (χ0) is 20.6. The molecule has 6 nitrogen and oxygen atoms in total. The highest BCUT2D eigenvalue weighted by molar-refractivity contribution is 5.45. The molecule has 3 heterocycles. The average molecular weight is 399 g/mol. The highest BCUT2D eigenvalue weighted by atomic mass is 19.4. The van der Waals surface area contributed by atoms with E-state index in [-0.39, 0.29) is 11.4 Å². The molecule has 0 spiro atoms. The Kier molecular flexibility index (Phi) is 4.72. The van der Waals surface area contributed by atoms with Crippen molar-refractivity contribution in [2.24, 2.45) is 0 Å². The van der Waals surface area contributed by atoms with Crippen LogP contribution in [0.3, 0.4) is 0 Å². The summed E-state index contributed by atoms with van der Waals surface area (Å²) in [7, 11) is 0. The van der Waals surface area contributed by atoms with Crippen LogP contribution in [0.1, 0.15) is 22.4 Å². The van der Waals surface area contributed by atoms with E-state index in [4.69, 9.17) is 6.57 Å². The lowest BCUT2D eigenvalue weighted by Gasteiger charge is -2.25. The lowest BCUT2D eigenvalue weighted by atomic mass is 10.1. The van der Waals surface area contributed by atoms with E-state index < -0.39 is 11.7 Å². The maximum absolute atomic E-state index is 12.8. The molecule has 4 rings (SSSR count). The Morgan fingerprint density at radius 2 is 1.93 bits per heavy atom. The molecule has 0 unspecified atom stereocenters. The normalized spacial score (nSPS) is 14.4. The molecule has 9 heteroatoms. The number of fused-ring (bicyclic) bond motifs is 1. The lowest BCUT2D eigenvalue weighted by molar-refractivity contribution is -0.137. The summed E-state index contributed by atoms with van der Waals surface area (Å²) in [5.74, 6) is 0.124. The first-order chi connectivity index (χ1) is 13.8. The van der Waals surface area contributed by atoms with E-state index in [9.17, 15) is 18.0 Å². The molecule has 0 atom stereocenters. The van der Waals surface area contributed by atoms with E-state index in [0.29, 0.717) is 30.8 Å². The van der Waals surface area contributed by atoms with E-state index in [2.05, 4.69) is 19.8 Å². The van der Waals surface area contributed by atoms with Crippen LogP contribution in [0.4, 0.5) is 18.9 Å². The molecule has 1 aliphatic heterocycles. The predicted octanol–water partition coefficient (Wildman–Crippen LogP) is 3.69. The minimum atomic E-state index is -4.47. The molecular weight excluding hydrogens is 383 g/mol. The average Bonchev–Trinajstić information content (AvgIpc) is 3.04. The van der Waals surface area contributed by atoms with Crippen molar-refractivity contribution < 1.29 is 13.2 Å². The highest BCUT2D eigenvalue weighted by Gasteiger charge is 2.31. The summed E-state index contributed by atoms with van der Waals surface area (Å²) >= 11 is 0. The molecule has 0 radical (unpaired) electrons. The summed E-state index contributed by atoms with van der Waals surface area (Å²) < 4.78 is 39.3. The van der Waals surface area contributed by atoms with Crippen molar-refractivity contribution in [2.75, 3.05) is 6.54 Å². The van der Waals surface area contributed by atoms with Crippen molar-refractivity contribution in [1.82, 2.24) is 19.7 Å². The first-order valence-corrected chi connectivity index (χ1v) is 8.90. The molecule has 0 aliphatic carbocycles. The summed E-state index contributed by atoms with van der Waals surface area (Å²) in [6, 6.07) is 9.40. The van der Waals surface area contributed by atoms with Crippen LogP contribution in [0.2, 0.25) is 0 Å². The van der Waals surface area contributed by atoms with Crippen molar-refractivity contribution in [2.45, 2.75) is 25.7 Å². The molecule has 29 heavy (non-hydrogen) atoms. The third-order valence-corrected chi connectivity index (χ3v) is 4.91. The van der Waals surface area contributed by atoms with Gasteiger partial charge >= 0.3 is 6.18 Å². The molecule has 0 amide bonds. The Bertz CT molecular complexity index is 1120. The van der Waals surface area contributed by atoms with Gasteiger partial charge in [0.05, 0.1) is 17.7 Å². The van der Waals surface area contributed by atoms with Gasteiger partial charge in [-0.2, -0.15) is 13.2 Å². The largest absolute Gasteiger partial charge is 0.417 e. The van der Waals surface area contributed by atoms with Gasteiger partial charge in [-0.1, -0.05) is 24.3 Å². The topological polar surface area (TPSA) is 58.3 Å². The fraction of sp³-hybridized carbons (Fsp3) is 0.250. The van der Waals surface area contributed by atoms with Crippen molar-refractivity contribution in [1.29, 1.82) is 0 Å². The third kappa shape index (κ3) is 3.79. The monoisotopic (exact) mass is 399 g/mol. The van der Waals surface area contributed by atoms with Gasteiger partial charge in [-0.3, -0.25) is 14.8 Å². The number of hydrogen-bond donors (Lipinski definition) is 1. The van der Waals surface area contributed by atoms with Crippen LogP contribution >= 0.6 is 0 Å². The number of nitrogens with zero attached hydrogens (tertiary/aromatic N) is 4. The van der Waals surface area contributed by atoms with E-state index in [1.54, 1.807) is 12.1 Å². The Hall–Kier alpha value is -3.38. The van der Waals surface area contributed by atoms with Gasteiger partial charge in [0.15, 0.2) is 11.5 Å². The third-order valence-electron chi connectivity index (χ3n) is 4.91. The molecule has 0 fully saturated rings. The molecular formula is C20H16F3N5O. The summed E-state index contributed by atoms with van der Waals surface area (Å²) in [6.45, 7) is 8.81. The van der Waals surface area contributed by atoms with Gasteiger partial charge in [-0.15, -0.1) is 0 Å². The summed E-state index contributed by atoms with van der Waals surface area (Å²) in [5.41, 5.74) is 1.82. The Morgan fingerprint density at radius 1 is 1.17 bits per heavy atom. The molecule has 0 bridgehead atoms. The van der Waals surface area contributed by atoms with Gasteiger partial charge in [0.2, 0.25) is 0 Å². The molecule has 0 saturated carbocycles. The second-order valence-corrected chi connectivity index (χ2v) is 6.85. The number of benzene rings is 1. The predicted molar refractivity (Wildman–Crippen MR) is 99.7 cm³/mol. The standard InChI is InChI=1S/C20H16F3N5O/c1-24-15-5-2-13(3-6-15)11-27-9-8-17-16(12-27)19(29)28(26-17)18-7-4-14(10-25-18)20(21,22)23/h2-7,10,26H,8-9,11-12H2. The van der Waals surface area contributed by atoms with Crippen LogP contribution in [0.25, 0.3) is 10.7 Å². The van der Waals surface area contributed by atoms with E-state index in [0.717, 1.165) is 30.1 Å². The number of halogens is 3. The van der Waals surface area contributed by atoms with Crippen LogP contribution in [0, 0.1) is 6.57 Å². The summed E-state index contributed by atoms with van der Waals surface area (Å²) in [5, 5.41) is 2.98. The van der Waals surface area contributed by atoms with Gasteiger partial charge in [-0.05, 0) is 17.7 Å². The minimum absolute atomic E-state index is 0.124. The number of H-pyrrole nitrogens is 1. The number of aromatic amines is 1. The van der Waals surface area contributed by atoms with Gasteiger partial charge in [-0.25, -0.2) is 14.5 Å². The number of hydrogen-bond acceptors (Lipinski definition) is 3. The molecule has 1 aliphatic rings. The Balaban J connectivity index is 1.54. The van der Waals surface area contributed by atoms with Crippen molar-refractivity contribution in [3.8, 4) is 5.82 Å². The zero-order valence-corrected chi connectivity index (χ0v) is 15.2. The number of alkyl halides is 3. The lowest BCUT2D eigenvalue weighted by Crippen LogP contribution is -2.32. The van der Waals surface area contributed by atoms with Gasteiger partial charge < -0.3 is 0 Å². The first kappa shape index (κ1) is 19.0. The van der Waals surface area contributed by atoms with Crippen molar-refractivity contribution >= 4 is 5.69 Å². The van der Waals surface area contributed by atoms with E-state index in [1.807, 2.05) is 12.1 Å². The maximum Gasteiger partial charge on any atom is 0.417 e.